The van der Waals surface area contributed by atoms with Gasteiger partial charge < -0.3 is 29.8 Å². The van der Waals surface area contributed by atoms with Crippen molar-refractivity contribution in [2.24, 2.45) is 29.4 Å². The molecule has 0 radical (unpaired) electrons. The van der Waals surface area contributed by atoms with Gasteiger partial charge in [-0.25, -0.2) is 4.79 Å². The van der Waals surface area contributed by atoms with Crippen LogP contribution in [0.3, 0.4) is 0 Å². The molecule has 10 heteroatoms. The lowest BCUT2D eigenvalue weighted by atomic mass is 9.82. The number of aliphatic carboxylic acids is 1. The number of carboxylic acid groups (broad SMARTS) is 1. The summed E-state index contributed by atoms with van der Waals surface area (Å²) in [5.41, 5.74) is 6.41. The maximum Gasteiger partial charge on any atom is 0.508 e. The van der Waals surface area contributed by atoms with Crippen LogP contribution in [0, 0.1) is 23.7 Å². The maximum atomic E-state index is 12.3. The molecule has 0 aliphatic carbocycles. The smallest absolute Gasteiger partial charge is 0.480 e. The van der Waals surface area contributed by atoms with Crippen molar-refractivity contribution in [2.45, 2.75) is 66.8 Å². The number of rotatable bonds is 13. The van der Waals surface area contributed by atoms with E-state index in [4.69, 9.17) is 24.7 Å². The fourth-order valence-corrected chi connectivity index (χ4v) is 3.11. The first-order chi connectivity index (χ1) is 16.7. The lowest BCUT2D eigenvalue weighted by molar-refractivity contribution is -0.140. The molecule has 0 bridgehead atoms. The average Bonchev–Trinajstić information content (AvgIpc) is 2.78. The molecule has 0 saturated carbocycles. The number of carboxylic acids is 1. The molecular weight excluding hydrogens is 470 g/mol. The van der Waals surface area contributed by atoms with Gasteiger partial charge in [0, 0.05) is 5.92 Å². The Kier molecular flexibility index (Phi) is 12.4. The molecule has 1 aromatic carbocycles. The Bertz CT molecular complexity index is 911. The summed E-state index contributed by atoms with van der Waals surface area (Å²) in [6.07, 6.45) is -0.171. The van der Waals surface area contributed by atoms with Crippen molar-refractivity contribution in [3.05, 3.63) is 23.8 Å². The van der Waals surface area contributed by atoms with Crippen LogP contribution in [-0.2, 0) is 23.9 Å². The van der Waals surface area contributed by atoms with Gasteiger partial charge in [0.1, 0.15) is 6.04 Å². The van der Waals surface area contributed by atoms with Crippen LogP contribution in [0.15, 0.2) is 18.2 Å². The molecule has 1 rings (SSSR count). The Balaban J connectivity index is 3.24. The first-order valence-corrected chi connectivity index (χ1v) is 12.1. The minimum Gasteiger partial charge on any atom is -0.480 e. The quantitative estimate of drug-likeness (QED) is 0.293. The Morgan fingerprint density at radius 2 is 1.42 bits per heavy atom. The van der Waals surface area contributed by atoms with Gasteiger partial charge in [0.25, 0.3) is 0 Å². The van der Waals surface area contributed by atoms with Crippen LogP contribution in [0.25, 0.3) is 0 Å². The molecule has 0 fully saturated rings. The minimum absolute atomic E-state index is 0.0201. The highest BCUT2D eigenvalue weighted by Gasteiger charge is 2.33. The van der Waals surface area contributed by atoms with E-state index in [9.17, 15) is 24.3 Å². The minimum atomic E-state index is -1.36. The second kappa shape index (κ2) is 14.4. The Morgan fingerprint density at radius 1 is 0.861 bits per heavy atom. The predicted octanol–water partition coefficient (Wildman–Crippen LogP) is 4.14. The fourth-order valence-electron chi connectivity index (χ4n) is 3.11. The molecule has 0 aliphatic rings. The van der Waals surface area contributed by atoms with Crippen molar-refractivity contribution >= 4 is 24.1 Å². The van der Waals surface area contributed by atoms with Gasteiger partial charge in [-0.3, -0.25) is 14.4 Å². The fraction of sp³-hybridized carbons (Fsp3) is 0.615. The molecule has 0 heterocycles. The third-order valence-corrected chi connectivity index (χ3v) is 5.38. The first kappa shape index (κ1) is 30.9. The summed E-state index contributed by atoms with van der Waals surface area (Å²) in [4.78, 5) is 48.2. The molecule has 3 N–H and O–H groups in total. The number of nitrogens with two attached hydrogens (primary N) is 1. The van der Waals surface area contributed by atoms with E-state index < -0.39 is 53.8 Å². The van der Waals surface area contributed by atoms with E-state index in [0.717, 1.165) is 0 Å². The lowest BCUT2D eigenvalue weighted by Crippen LogP contribution is -2.40. The van der Waals surface area contributed by atoms with Crippen LogP contribution in [0.2, 0.25) is 0 Å². The summed E-state index contributed by atoms with van der Waals surface area (Å²) < 4.78 is 21.0. The van der Waals surface area contributed by atoms with Crippen molar-refractivity contribution in [2.75, 3.05) is 13.2 Å². The molecule has 0 saturated heterocycles. The second-order valence-electron chi connectivity index (χ2n) is 9.82. The predicted molar refractivity (Wildman–Crippen MR) is 132 cm³/mol. The number of hydrogen-bond donors (Lipinski definition) is 2. The van der Waals surface area contributed by atoms with Crippen molar-refractivity contribution in [1.29, 1.82) is 0 Å². The highest BCUT2D eigenvalue weighted by molar-refractivity contribution is 5.78. The highest BCUT2D eigenvalue weighted by atomic mass is 16.7. The van der Waals surface area contributed by atoms with E-state index in [-0.39, 0.29) is 24.7 Å². The van der Waals surface area contributed by atoms with Crippen molar-refractivity contribution in [1.82, 2.24) is 0 Å². The van der Waals surface area contributed by atoms with Crippen LogP contribution in [0.1, 0.15) is 66.4 Å². The van der Waals surface area contributed by atoms with E-state index in [1.807, 2.05) is 13.8 Å². The van der Waals surface area contributed by atoms with Gasteiger partial charge in [0.05, 0.1) is 25.0 Å². The van der Waals surface area contributed by atoms with E-state index in [0.29, 0.717) is 17.9 Å². The molecular formula is C26H39NO9. The Hall–Kier alpha value is -3.14. The highest BCUT2D eigenvalue weighted by Crippen LogP contribution is 2.36. The number of carbonyl (C=O) groups is 4. The van der Waals surface area contributed by atoms with Crippen LogP contribution in [-0.4, -0.2) is 48.4 Å². The number of esters is 2. The standard InChI is InChI=1S/C26H39NO9/c1-14(2)10-11-33-26(32)34-13-17(7)21(22(27)23(28)29)18-8-9-19(35-24(30)15(3)4)20(12-18)36-25(31)16(5)6/h8-9,12,14-17,21-22H,10-11,13,27H2,1-7H3,(H,28,29)/t17?,21?,22-/m0/s1. The largest absolute Gasteiger partial charge is 0.508 e. The van der Waals surface area contributed by atoms with Crippen molar-refractivity contribution in [3.63, 3.8) is 0 Å². The SMILES string of the molecule is CC(C)CCOC(=O)OCC(C)C(c1ccc(OC(=O)C(C)C)c(OC(=O)C(C)C)c1)[C@H](N)C(=O)O. The van der Waals surface area contributed by atoms with Gasteiger partial charge in [-0.1, -0.05) is 54.5 Å². The summed E-state index contributed by atoms with van der Waals surface area (Å²) in [5.74, 6) is -4.29. The van der Waals surface area contributed by atoms with E-state index in [1.54, 1.807) is 40.7 Å². The molecule has 0 spiro atoms. The molecule has 1 aromatic rings. The van der Waals surface area contributed by atoms with Gasteiger partial charge in [-0.05, 0) is 36.0 Å². The number of carbonyl (C=O) groups excluding carboxylic acids is 3. The molecule has 2 unspecified atom stereocenters. The number of ether oxygens (including phenoxy) is 4. The summed E-state index contributed by atoms with van der Waals surface area (Å²) in [5, 5.41) is 9.62. The van der Waals surface area contributed by atoms with Gasteiger partial charge in [-0.15, -0.1) is 0 Å². The molecule has 202 valence electrons. The first-order valence-electron chi connectivity index (χ1n) is 12.1. The van der Waals surface area contributed by atoms with E-state index in [1.165, 1.54) is 12.1 Å². The topological polar surface area (TPSA) is 151 Å². The summed E-state index contributed by atoms with van der Waals surface area (Å²) in [7, 11) is 0. The normalized spacial score (nSPS) is 13.8. The molecule has 10 nitrogen and oxygen atoms in total. The van der Waals surface area contributed by atoms with Gasteiger partial charge >= 0.3 is 24.1 Å². The molecule has 3 atom stereocenters. The molecule has 36 heavy (non-hydrogen) atoms. The molecule has 0 aliphatic heterocycles. The van der Waals surface area contributed by atoms with Gasteiger partial charge in [0.2, 0.25) is 0 Å². The summed E-state index contributed by atoms with van der Waals surface area (Å²) in [6.45, 7) is 12.3. The van der Waals surface area contributed by atoms with Crippen LogP contribution >= 0.6 is 0 Å². The lowest BCUT2D eigenvalue weighted by Gasteiger charge is -2.28. The monoisotopic (exact) mass is 509 g/mol. The van der Waals surface area contributed by atoms with Crippen molar-refractivity contribution in [3.8, 4) is 11.5 Å². The molecule has 0 aromatic heterocycles. The van der Waals surface area contributed by atoms with Crippen LogP contribution < -0.4 is 15.2 Å². The third-order valence-electron chi connectivity index (χ3n) is 5.38. The zero-order valence-corrected chi connectivity index (χ0v) is 22.1. The van der Waals surface area contributed by atoms with E-state index in [2.05, 4.69) is 0 Å². The maximum absolute atomic E-state index is 12.3. The zero-order chi connectivity index (χ0) is 27.6. The Labute approximate surface area is 212 Å². The Morgan fingerprint density at radius 3 is 1.92 bits per heavy atom. The van der Waals surface area contributed by atoms with Crippen LogP contribution in [0.4, 0.5) is 4.79 Å². The molecule has 0 amide bonds. The van der Waals surface area contributed by atoms with Crippen LogP contribution in [0.5, 0.6) is 11.5 Å². The zero-order valence-electron chi connectivity index (χ0n) is 22.1. The van der Waals surface area contributed by atoms with Gasteiger partial charge in [0.15, 0.2) is 11.5 Å². The summed E-state index contributed by atoms with van der Waals surface area (Å²) >= 11 is 0. The van der Waals surface area contributed by atoms with Crippen molar-refractivity contribution < 1.29 is 43.2 Å². The number of benzene rings is 1. The summed E-state index contributed by atoms with van der Waals surface area (Å²) in [6, 6.07) is 3.03. The van der Waals surface area contributed by atoms with Gasteiger partial charge in [-0.2, -0.15) is 0 Å². The third kappa shape index (κ3) is 9.85. The number of hydrogen-bond acceptors (Lipinski definition) is 9. The van der Waals surface area contributed by atoms with E-state index >= 15 is 0 Å². The second-order valence-corrected chi connectivity index (χ2v) is 9.82. The average molecular weight is 510 g/mol.